The van der Waals surface area contributed by atoms with Crippen LogP contribution in [0.2, 0.25) is 0 Å². The SMILES string of the molecule is NCC#Cc1cnn(-c2cnccn2)c1. The molecule has 74 valence electrons. The van der Waals surface area contributed by atoms with Gasteiger partial charge in [-0.3, -0.25) is 4.98 Å². The Bertz CT molecular complexity index is 491. The standard InChI is InChI=1S/C10H9N5/c11-3-1-2-9-6-14-15(8-9)10-7-12-4-5-13-10/h4-8H,3,11H2. The van der Waals surface area contributed by atoms with Gasteiger partial charge in [-0.2, -0.15) is 5.10 Å². The first-order chi connectivity index (χ1) is 7.40. The lowest BCUT2D eigenvalue weighted by atomic mass is 10.4. The summed E-state index contributed by atoms with van der Waals surface area (Å²) >= 11 is 0. The van der Waals surface area contributed by atoms with Gasteiger partial charge < -0.3 is 5.73 Å². The maximum Gasteiger partial charge on any atom is 0.171 e. The maximum atomic E-state index is 5.27. The van der Waals surface area contributed by atoms with E-state index < -0.39 is 0 Å². The van der Waals surface area contributed by atoms with Crippen molar-refractivity contribution in [3.8, 4) is 17.7 Å². The molecule has 0 aliphatic rings. The van der Waals surface area contributed by atoms with Crippen molar-refractivity contribution in [2.45, 2.75) is 0 Å². The van der Waals surface area contributed by atoms with Crippen molar-refractivity contribution in [1.29, 1.82) is 0 Å². The molecule has 0 atom stereocenters. The summed E-state index contributed by atoms with van der Waals surface area (Å²) in [6.45, 7) is 0.344. The van der Waals surface area contributed by atoms with Crippen LogP contribution in [0.25, 0.3) is 5.82 Å². The topological polar surface area (TPSA) is 69.6 Å². The highest BCUT2D eigenvalue weighted by Gasteiger charge is 1.98. The fourth-order valence-electron chi connectivity index (χ4n) is 1.08. The third kappa shape index (κ3) is 2.18. The average Bonchev–Trinajstić information content (AvgIpc) is 2.76. The molecule has 2 aromatic heterocycles. The monoisotopic (exact) mass is 199 g/mol. The van der Waals surface area contributed by atoms with Gasteiger partial charge in [-0.15, -0.1) is 0 Å². The predicted molar refractivity (Wildman–Crippen MR) is 55.1 cm³/mol. The highest BCUT2D eigenvalue weighted by atomic mass is 15.3. The molecule has 2 aromatic rings. The van der Waals surface area contributed by atoms with Crippen molar-refractivity contribution >= 4 is 0 Å². The van der Waals surface area contributed by atoms with Gasteiger partial charge in [-0.25, -0.2) is 9.67 Å². The molecule has 0 fully saturated rings. The van der Waals surface area contributed by atoms with Crippen molar-refractivity contribution in [2.75, 3.05) is 6.54 Å². The highest BCUT2D eigenvalue weighted by molar-refractivity contribution is 5.32. The number of hydrogen-bond donors (Lipinski definition) is 1. The van der Waals surface area contributed by atoms with Crippen molar-refractivity contribution in [3.63, 3.8) is 0 Å². The highest BCUT2D eigenvalue weighted by Crippen LogP contribution is 2.01. The lowest BCUT2D eigenvalue weighted by molar-refractivity contribution is 0.837. The Labute approximate surface area is 87.0 Å². The second-order valence-corrected chi connectivity index (χ2v) is 2.74. The van der Waals surface area contributed by atoms with Crippen molar-refractivity contribution in [1.82, 2.24) is 19.7 Å². The summed E-state index contributed by atoms with van der Waals surface area (Å²) in [4.78, 5) is 8.06. The smallest absolute Gasteiger partial charge is 0.171 e. The second-order valence-electron chi connectivity index (χ2n) is 2.74. The molecule has 5 heteroatoms. The Balaban J connectivity index is 2.28. The summed E-state index contributed by atoms with van der Waals surface area (Å²) in [5.74, 6) is 6.31. The first-order valence-electron chi connectivity index (χ1n) is 4.40. The van der Waals surface area contributed by atoms with Gasteiger partial charge in [0.25, 0.3) is 0 Å². The number of nitrogens with zero attached hydrogens (tertiary/aromatic N) is 4. The molecular formula is C10H9N5. The maximum absolute atomic E-state index is 5.27. The molecule has 0 aliphatic heterocycles. The van der Waals surface area contributed by atoms with Crippen molar-refractivity contribution in [3.05, 3.63) is 36.5 Å². The van der Waals surface area contributed by atoms with Gasteiger partial charge in [0.2, 0.25) is 0 Å². The van der Waals surface area contributed by atoms with E-state index in [2.05, 4.69) is 26.9 Å². The van der Waals surface area contributed by atoms with Crippen LogP contribution in [-0.4, -0.2) is 26.3 Å². The summed E-state index contributed by atoms with van der Waals surface area (Å²) in [6, 6.07) is 0. The van der Waals surface area contributed by atoms with E-state index in [1.54, 1.807) is 35.7 Å². The van der Waals surface area contributed by atoms with E-state index in [9.17, 15) is 0 Å². The molecule has 0 saturated heterocycles. The number of hydrogen-bond acceptors (Lipinski definition) is 4. The third-order valence-electron chi connectivity index (χ3n) is 1.70. The molecule has 0 aromatic carbocycles. The molecule has 0 spiro atoms. The van der Waals surface area contributed by atoms with E-state index in [1.165, 1.54) is 0 Å². The first kappa shape index (κ1) is 9.37. The van der Waals surface area contributed by atoms with Gasteiger partial charge >= 0.3 is 0 Å². The van der Waals surface area contributed by atoms with Gasteiger partial charge in [0.1, 0.15) is 0 Å². The molecule has 0 amide bonds. The van der Waals surface area contributed by atoms with Crippen LogP contribution in [0.5, 0.6) is 0 Å². The Kier molecular flexibility index (Phi) is 2.72. The van der Waals surface area contributed by atoms with E-state index in [0.717, 1.165) is 5.56 Å². The van der Waals surface area contributed by atoms with E-state index in [4.69, 9.17) is 5.73 Å². The molecular weight excluding hydrogens is 190 g/mol. The van der Waals surface area contributed by atoms with Gasteiger partial charge in [-0.05, 0) is 0 Å². The van der Waals surface area contributed by atoms with Crippen LogP contribution in [0.4, 0.5) is 0 Å². The summed E-state index contributed by atoms with van der Waals surface area (Å²) in [5, 5.41) is 4.11. The summed E-state index contributed by atoms with van der Waals surface area (Å²) in [7, 11) is 0. The van der Waals surface area contributed by atoms with Crippen LogP contribution in [-0.2, 0) is 0 Å². The lowest BCUT2D eigenvalue weighted by Gasteiger charge is -1.95. The van der Waals surface area contributed by atoms with Crippen LogP contribution in [0, 0.1) is 11.8 Å². The van der Waals surface area contributed by atoms with Gasteiger partial charge in [-0.1, -0.05) is 11.8 Å². The minimum absolute atomic E-state index is 0.344. The van der Waals surface area contributed by atoms with Crippen LogP contribution in [0.1, 0.15) is 5.56 Å². The zero-order chi connectivity index (χ0) is 10.5. The summed E-state index contributed by atoms with van der Waals surface area (Å²) < 4.78 is 1.62. The zero-order valence-corrected chi connectivity index (χ0v) is 7.96. The van der Waals surface area contributed by atoms with Crippen LogP contribution in [0.3, 0.4) is 0 Å². The Morgan fingerprint density at radius 3 is 3.00 bits per heavy atom. The fraction of sp³-hybridized carbons (Fsp3) is 0.100. The van der Waals surface area contributed by atoms with Crippen LogP contribution < -0.4 is 5.73 Å². The molecule has 0 saturated carbocycles. The second kappa shape index (κ2) is 4.35. The van der Waals surface area contributed by atoms with Gasteiger partial charge in [0.05, 0.1) is 24.5 Å². The van der Waals surface area contributed by atoms with E-state index in [1.807, 2.05) is 0 Å². The molecule has 0 unspecified atom stereocenters. The summed E-state index contributed by atoms with van der Waals surface area (Å²) in [6.07, 6.45) is 8.31. The van der Waals surface area contributed by atoms with E-state index >= 15 is 0 Å². The fourth-order valence-corrected chi connectivity index (χ4v) is 1.08. The normalized spacial score (nSPS) is 9.40. The minimum atomic E-state index is 0.344. The zero-order valence-electron chi connectivity index (χ0n) is 7.96. The van der Waals surface area contributed by atoms with Gasteiger partial charge in [0.15, 0.2) is 5.82 Å². The number of aromatic nitrogens is 4. The molecule has 5 nitrogen and oxygen atoms in total. The van der Waals surface area contributed by atoms with Gasteiger partial charge in [0, 0.05) is 18.6 Å². The number of rotatable bonds is 1. The van der Waals surface area contributed by atoms with Crippen molar-refractivity contribution in [2.24, 2.45) is 5.73 Å². The molecule has 2 N–H and O–H groups in total. The quantitative estimate of drug-likeness (QED) is 0.655. The molecule has 0 bridgehead atoms. The largest absolute Gasteiger partial charge is 0.320 e. The third-order valence-corrected chi connectivity index (χ3v) is 1.70. The van der Waals surface area contributed by atoms with E-state index in [0.29, 0.717) is 12.4 Å². The summed E-state index contributed by atoms with van der Waals surface area (Å²) in [5.41, 5.74) is 6.08. The molecule has 15 heavy (non-hydrogen) atoms. The van der Waals surface area contributed by atoms with Crippen molar-refractivity contribution < 1.29 is 0 Å². The molecule has 0 aliphatic carbocycles. The van der Waals surface area contributed by atoms with Crippen LogP contribution >= 0.6 is 0 Å². The van der Waals surface area contributed by atoms with E-state index in [-0.39, 0.29) is 0 Å². The first-order valence-corrected chi connectivity index (χ1v) is 4.40. The Morgan fingerprint density at radius 2 is 2.27 bits per heavy atom. The lowest BCUT2D eigenvalue weighted by Crippen LogP contribution is -1.97. The Hall–Kier alpha value is -2.19. The predicted octanol–water partition coefficient (Wildman–Crippen LogP) is -0.0275. The number of nitrogens with two attached hydrogens (primary N) is 1. The molecule has 2 heterocycles. The Morgan fingerprint density at radius 1 is 1.33 bits per heavy atom. The minimum Gasteiger partial charge on any atom is -0.320 e. The molecule has 2 rings (SSSR count). The van der Waals surface area contributed by atoms with Crippen LogP contribution in [0.15, 0.2) is 31.0 Å². The average molecular weight is 199 g/mol. The molecule has 0 radical (unpaired) electrons.